The summed E-state index contributed by atoms with van der Waals surface area (Å²) >= 11 is 0. The molecule has 0 spiro atoms. The van der Waals surface area contributed by atoms with E-state index in [1.807, 2.05) is 0 Å². The van der Waals surface area contributed by atoms with Crippen molar-refractivity contribution in [3.05, 3.63) is 0 Å². The fraction of sp³-hybridized carbons (Fsp3) is 1.00. The van der Waals surface area contributed by atoms with Gasteiger partial charge in [-0.25, -0.2) is 0 Å². The van der Waals surface area contributed by atoms with Crippen molar-refractivity contribution in [2.24, 2.45) is 0 Å². The largest absolute Gasteiger partial charge is 0.433 e. The fourth-order valence-electron chi connectivity index (χ4n) is 5.12. The van der Waals surface area contributed by atoms with Crippen LogP contribution in [0.5, 0.6) is 0 Å². The summed E-state index contributed by atoms with van der Waals surface area (Å²) in [5.74, 6) is 0. The minimum absolute atomic E-state index is 0.101. The minimum Gasteiger partial charge on any atom is -0.433 e. The Morgan fingerprint density at radius 1 is 0.432 bits per heavy atom. The van der Waals surface area contributed by atoms with Gasteiger partial charge in [0, 0.05) is 0 Å². The van der Waals surface area contributed by atoms with Crippen LogP contribution in [0.25, 0.3) is 0 Å². The van der Waals surface area contributed by atoms with E-state index in [0.29, 0.717) is 6.61 Å². The molecular weight excluding hydrogens is 462 g/mol. The second kappa shape index (κ2) is 20.0. The van der Waals surface area contributed by atoms with E-state index in [1.165, 1.54) is 0 Å². The van der Waals surface area contributed by atoms with Gasteiger partial charge in [-0.15, -0.1) is 0 Å². The molecule has 0 N–H and O–H groups in total. The molecule has 11 heteroatoms. The third-order valence-electron chi connectivity index (χ3n) is 8.02. The molecule has 1 aliphatic rings. The maximum Gasteiger partial charge on any atom is 0.296 e. The molecule has 0 amide bonds. The zero-order chi connectivity index (χ0) is 27.8. The maximum atomic E-state index is 6.90. The minimum atomic E-state index is -0.526. The molecule has 0 aromatic carbocycles. The average molecular weight is 520 g/mol. The van der Waals surface area contributed by atoms with E-state index in [1.54, 1.807) is 0 Å². The van der Waals surface area contributed by atoms with Crippen LogP contribution in [0, 0.1) is 0 Å². The Kier molecular flexibility index (Phi) is 19.0. The lowest BCUT2D eigenvalue weighted by Crippen LogP contribution is -2.65. The molecule has 1 heterocycles. The summed E-state index contributed by atoms with van der Waals surface area (Å²) in [6.07, 6.45) is 7.66. The van der Waals surface area contributed by atoms with Gasteiger partial charge in [-0.05, 0) is 0 Å². The lowest BCUT2D eigenvalue weighted by atomic mass is 9.60. The van der Waals surface area contributed by atoms with E-state index in [2.05, 4.69) is 69.2 Å². The summed E-state index contributed by atoms with van der Waals surface area (Å²) in [5.41, 5.74) is 0. The predicted molar refractivity (Wildman–Crippen MR) is 164 cm³/mol. The number of hydrogen-bond donors (Lipinski definition) is 0. The normalized spacial score (nSPS) is 23.7. The van der Waals surface area contributed by atoms with Crippen molar-refractivity contribution in [1.29, 1.82) is 0 Å². The highest BCUT2D eigenvalue weighted by molar-refractivity contribution is 6.53. The van der Waals surface area contributed by atoms with Gasteiger partial charge in [0.15, 0.2) is 6.29 Å². The standard InChI is InChI=1S/C26H57B5O6/c1-11-27(12-2)32-21-22-23(34-28(13-3)14-4)24(35-29(15-5)16-6)25(36-30(17-7)18-8)26(33-22)37-31(19-9)20-10/h22-26H,11-21H2,1-10H3/t22-,23-,24+,25-,26?/m1/s1. The van der Waals surface area contributed by atoms with Crippen LogP contribution in [-0.2, 0) is 28.0 Å². The van der Waals surface area contributed by atoms with Crippen molar-refractivity contribution in [1.82, 2.24) is 0 Å². The van der Waals surface area contributed by atoms with Gasteiger partial charge in [0.2, 0.25) is 0 Å². The second-order valence-corrected chi connectivity index (χ2v) is 10.5. The second-order valence-electron chi connectivity index (χ2n) is 10.5. The van der Waals surface area contributed by atoms with Gasteiger partial charge < -0.3 is 28.0 Å². The van der Waals surface area contributed by atoms with Gasteiger partial charge in [0.05, 0.1) is 18.8 Å². The van der Waals surface area contributed by atoms with Gasteiger partial charge in [-0.3, -0.25) is 0 Å². The van der Waals surface area contributed by atoms with E-state index in [-0.39, 0.29) is 59.0 Å². The smallest absolute Gasteiger partial charge is 0.296 e. The third kappa shape index (κ3) is 11.2. The molecule has 0 bridgehead atoms. The number of rotatable bonds is 21. The van der Waals surface area contributed by atoms with E-state index in [0.717, 1.165) is 63.2 Å². The molecule has 1 aliphatic heterocycles. The molecule has 0 saturated carbocycles. The molecule has 1 rings (SSSR count). The first-order valence-electron chi connectivity index (χ1n) is 15.8. The van der Waals surface area contributed by atoms with Crippen LogP contribution in [0.3, 0.4) is 0 Å². The molecule has 1 saturated heterocycles. The van der Waals surface area contributed by atoms with Crippen molar-refractivity contribution >= 4 is 34.6 Å². The monoisotopic (exact) mass is 520 g/mol. The van der Waals surface area contributed by atoms with Crippen LogP contribution in [0.15, 0.2) is 0 Å². The van der Waals surface area contributed by atoms with E-state index in [9.17, 15) is 0 Å². The Labute approximate surface area is 232 Å². The first-order chi connectivity index (χ1) is 17.9. The van der Waals surface area contributed by atoms with Crippen molar-refractivity contribution in [2.75, 3.05) is 6.61 Å². The zero-order valence-electron chi connectivity index (χ0n) is 26.0. The highest BCUT2D eigenvalue weighted by Crippen LogP contribution is 2.33. The number of hydrogen-bond acceptors (Lipinski definition) is 6. The summed E-state index contributed by atoms with van der Waals surface area (Å²) in [5, 5.41) is 0. The van der Waals surface area contributed by atoms with Crippen LogP contribution < -0.4 is 0 Å². The van der Waals surface area contributed by atoms with Crippen LogP contribution in [0.2, 0.25) is 63.2 Å². The van der Waals surface area contributed by atoms with Crippen molar-refractivity contribution in [3.8, 4) is 0 Å². The first kappa shape index (κ1) is 35.1. The molecular formula is C26H57B5O6. The molecule has 5 atom stereocenters. The SMILES string of the molecule is CCB(CC)OC[C@H]1OC(OB(CC)CC)[C@H](OB(CC)CC)[C@@H](OB(CC)CC)[C@@H]1OB(CC)CC. The summed E-state index contributed by atoms with van der Waals surface area (Å²) in [6, 6.07) is 0. The Balaban J connectivity index is 3.52. The summed E-state index contributed by atoms with van der Waals surface area (Å²) in [4.78, 5) is 0. The highest BCUT2D eigenvalue weighted by Gasteiger charge is 2.51. The van der Waals surface area contributed by atoms with Gasteiger partial charge in [-0.1, -0.05) is 132 Å². The predicted octanol–water partition coefficient (Wildman–Crippen LogP) is 7.06. The summed E-state index contributed by atoms with van der Waals surface area (Å²) < 4.78 is 40.3. The summed E-state index contributed by atoms with van der Waals surface area (Å²) in [7, 11) is 0. The third-order valence-corrected chi connectivity index (χ3v) is 8.02. The maximum absolute atomic E-state index is 6.90. The molecule has 212 valence electrons. The molecule has 0 aromatic heterocycles. The van der Waals surface area contributed by atoms with Gasteiger partial charge in [0.1, 0.15) is 12.2 Å². The lowest BCUT2D eigenvalue weighted by molar-refractivity contribution is -0.265. The summed E-state index contributed by atoms with van der Waals surface area (Å²) in [6.45, 7) is 22.9. The van der Waals surface area contributed by atoms with E-state index in [4.69, 9.17) is 28.0 Å². The van der Waals surface area contributed by atoms with E-state index >= 15 is 0 Å². The van der Waals surface area contributed by atoms with Crippen LogP contribution in [0.4, 0.5) is 0 Å². The highest BCUT2D eigenvalue weighted by atomic mass is 16.7. The van der Waals surface area contributed by atoms with Crippen LogP contribution in [0.1, 0.15) is 69.2 Å². The lowest BCUT2D eigenvalue weighted by Gasteiger charge is -2.49. The molecule has 0 aliphatic carbocycles. The Morgan fingerprint density at radius 2 is 0.784 bits per heavy atom. The molecule has 0 aromatic rings. The fourth-order valence-corrected chi connectivity index (χ4v) is 5.12. The van der Waals surface area contributed by atoms with Crippen LogP contribution >= 0.6 is 0 Å². The first-order valence-corrected chi connectivity index (χ1v) is 15.8. The van der Waals surface area contributed by atoms with Gasteiger partial charge in [-0.2, -0.15) is 0 Å². The van der Waals surface area contributed by atoms with Crippen LogP contribution in [-0.4, -0.2) is 71.9 Å². The van der Waals surface area contributed by atoms with Crippen molar-refractivity contribution in [2.45, 2.75) is 163 Å². The van der Waals surface area contributed by atoms with E-state index < -0.39 is 6.29 Å². The van der Waals surface area contributed by atoms with Gasteiger partial charge >= 0.3 is 0 Å². The average Bonchev–Trinajstić information content (AvgIpc) is 2.93. The molecule has 1 fully saturated rings. The Morgan fingerprint density at radius 3 is 1.19 bits per heavy atom. The van der Waals surface area contributed by atoms with Crippen molar-refractivity contribution < 1.29 is 28.0 Å². The Hall–Kier alpha value is 0.0847. The van der Waals surface area contributed by atoms with Gasteiger partial charge in [0.25, 0.3) is 34.6 Å². The molecule has 6 nitrogen and oxygen atoms in total. The molecule has 1 unspecified atom stereocenters. The molecule has 37 heavy (non-hydrogen) atoms. The Bertz CT molecular complexity index is 546. The quantitative estimate of drug-likeness (QED) is 0.151. The zero-order valence-corrected chi connectivity index (χ0v) is 26.0. The number of ether oxygens (including phenoxy) is 1. The molecule has 0 radical (unpaired) electrons. The topological polar surface area (TPSA) is 55.4 Å². The van der Waals surface area contributed by atoms with Crippen molar-refractivity contribution in [3.63, 3.8) is 0 Å².